The highest BCUT2D eigenvalue weighted by atomic mass is 16.8. The summed E-state index contributed by atoms with van der Waals surface area (Å²) in [5, 5.41) is 34.0. The van der Waals surface area contributed by atoms with Gasteiger partial charge in [0.25, 0.3) is 0 Å². The van der Waals surface area contributed by atoms with Crippen molar-refractivity contribution in [1.82, 2.24) is 31.9 Å². The molecule has 10 N–H and O–H groups in total. The van der Waals surface area contributed by atoms with Gasteiger partial charge in [0, 0.05) is 27.3 Å². The molecule has 0 aromatic carbocycles. The van der Waals surface area contributed by atoms with Crippen LogP contribution in [0, 0.1) is 0 Å². The van der Waals surface area contributed by atoms with Gasteiger partial charge in [-0.05, 0) is 101 Å². The van der Waals surface area contributed by atoms with Crippen molar-refractivity contribution >= 4 is 95.9 Å². The molecule has 43 heteroatoms. The topological polar surface area (TPSA) is 564 Å². The minimum Gasteiger partial charge on any atom is -0.480 e. The predicted octanol–water partition coefficient (Wildman–Crippen LogP) is 0.573. The highest BCUT2D eigenvalue weighted by Gasteiger charge is 2.52. The van der Waals surface area contributed by atoms with Crippen LogP contribution in [0.3, 0.4) is 0 Å². The zero-order valence-corrected chi connectivity index (χ0v) is 63.5. The monoisotopic (exact) mass is 1560 g/mol. The number of hydrogen-bond donors (Lipinski definition) is 9. The molecule has 610 valence electrons. The second kappa shape index (κ2) is 41.6. The van der Waals surface area contributed by atoms with Crippen LogP contribution in [0.4, 0.5) is 28.8 Å². The largest absolute Gasteiger partial charge is 0.508 e. The number of methoxy groups -OCH3 is 3. The Labute approximate surface area is 625 Å². The van der Waals surface area contributed by atoms with Gasteiger partial charge in [-0.2, -0.15) is 0 Å². The van der Waals surface area contributed by atoms with Gasteiger partial charge in [-0.15, -0.1) is 0 Å². The normalized spacial score (nSPS) is 24.8. The molecule has 0 bridgehead atoms. The lowest BCUT2D eigenvalue weighted by Gasteiger charge is -2.40. The van der Waals surface area contributed by atoms with Crippen molar-refractivity contribution in [2.24, 2.45) is 20.7 Å². The van der Waals surface area contributed by atoms with Gasteiger partial charge in [-0.25, -0.2) is 47.9 Å². The third-order valence-electron chi connectivity index (χ3n) is 14.4. The molecule has 6 heterocycles. The summed E-state index contributed by atoms with van der Waals surface area (Å²) in [6.45, 7) is 21.7. The number of nitrogens with two attached hydrogens (primary N) is 1. The zero-order chi connectivity index (χ0) is 82.0. The highest BCUT2D eigenvalue weighted by molar-refractivity contribution is 5.96. The summed E-state index contributed by atoms with van der Waals surface area (Å²) in [5.74, 6) is -5.76. The van der Waals surface area contributed by atoms with E-state index in [1.807, 2.05) is 0 Å². The molecule has 43 nitrogen and oxygen atoms in total. The first-order valence-electron chi connectivity index (χ1n) is 33.6. The maximum Gasteiger partial charge on any atom is 0.508 e. The van der Waals surface area contributed by atoms with Crippen molar-refractivity contribution in [3.05, 3.63) is 35.5 Å². The fourth-order valence-electron chi connectivity index (χ4n) is 10.6. The van der Waals surface area contributed by atoms with E-state index >= 15 is 0 Å². The summed E-state index contributed by atoms with van der Waals surface area (Å²) in [4.78, 5) is 169. The Morgan fingerprint density at radius 2 is 0.743 bits per heavy atom. The van der Waals surface area contributed by atoms with Crippen molar-refractivity contribution in [2.45, 2.75) is 212 Å². The molecule has 0 radical (unpaired) electrons. The molecule has 109 heavy (non-hydrogen) atoms. The third-order valence-corrected chi connectivity index (χ3v) is 14.4. The van der Waals surface area contributed by atoms with Crippen LogP contribution in [-0.2, 0) is 119 Å². The van der Waals surface area contributed by atoms with Gasteiger partial charge in [0.2, 0.25) is 35.0 Å². The number of carbonyl (C=O) groups excluding carboxylic acids is 12. The third kappa shape index (κ3) is 30.5. The van der Waals surface area contributed by atoms with Crippen LogP contribution in [0.1, 0.15) is 104 Å². The van der Waals surface area contributed by atoms with Crippen molar-refractivity contribution in [3.63, 3.8) is 0 Å². The average Bonchev–Trinajstić information content (AvgIpc) is 1.71. The SMILES string of the molecule is COC(=O)C1=C[C@H](N=C(C)NC(=O)OC(C)(C)C)[C@@H](NC(C)=O)[C@H]([C@H](OCC(=O)O)[C@H]2COC(=O)O2)O1.COC(=O)C1=C[C@H](N=C(C)NC(=O)OC(C)(C)C)[C@@H](NC(C)=O)[C@H]([C@H](OCCN)[C@H]2COC(=O)O2)O1.COC(=O)C1=C[C@H](N=C(C)NC(=O)OC(C)(C)C)[C@@H](NC(C)=O)[C@H]([C@H](OCCO)[C@H]2COC(=O)O2)O1. The van der Waals surface area contributed by atoms with Crippen LogP contribution in [0.2, 0.25) is 0 Å². The molecule has 0 spiro atoms. The van der Waals surface area contributed by atoms with Crippen molar-refractivity contribution in [3.8, 4) is 0 Å². The molecule has 6 amide bonds. The van der Waals surface area contributed by atoms with Gasteiger partial charge in [0.1, 0.15) is 79.0 Å². The van der Waals surface area contributed by atoms with E-state index in [0.29, 0.717) is 0 Å². The molecule has 15 atom stereocenters. The Morgan fingerprint density at radius 1 is 0.468 bits per heavy atom. The lowest BCUT2D eigenvalue weighted by Crippen LogP contribution is -2.60. The lowest BCUT2D eigenvalue weighted by atomic mass is 9.92. The number of carboxylic acid groups (broad SMARTS) is 1. The Balaban J connectivity index is 0.000000345. The minimum atomic E-state index is -1.34. The molecule has 0 unspecified atom stereocenters. The Hall–Kier alpha value is -10.7. The van der Waals surface area contributed by atoms with Gasteiger partial charge in [0.05, 0.1) is 77.4 Å². The fraction of sp³-hybridized carbons (Fsp3) is 0.667. The van der Waals surface area contributed by atoms with E-state index in [1.54, 1.807) is 62.3 Å². The number of carbonyl (C=O) groups is 13. The summed E-state index contributed by atoms with van der Waals surface area (Å²) in [6, 6.07) is -5.92. The summed E-state index contributed by atoms with van der Waals surface area (Å²) in [5.41, 5.74) is 3.33. The lowest BCUT2D eigenvalue weighted by molar-refractivity contribution is -0.161. The van der Waals surface area contributed by atoms with Crippen LogP contribution in [-0.4, -0.2) is 288 Å². The van der Waals surface area contributed by atoms with Gasteiger partial charge in [-0.1, -0.05) is 0 Å². The number of esters is 3. The van der Waals surface area contributed by atoms with Crippen LogP contribution in [0.5, 0.6) is 0 Å². The number of cyclic esters (lactones) is 6. The first kappa shape index (κ1) is 90.7. The number of aliphatic imine (C=N–C) groups is 3. The summed E-state index contributed by atoms with van der Waals surface area (Å²) < 4.78 is 94.5. The van der Waals surface area contributed by atoms with E-state index in [4.69, 9.17) is 96.1 Å². The Morgan fingerprint density at radius 3 is 0.963 bits per heavy atom. The van der Waals surface area contributed by atoms with Crippen LogP contribution < -0.4 is 37.6 Å². The fourth-order valence-corrected chi connectivity index (χ4v) is 10.6. The standard InChI is InChI=1S/C22H34N4O10.C22H31N3O12.C22H33N3O11/c1-11(25-20(29)36-22(3,4)5)24-13-9-14(19(28)31-6)34-18(16(13)26-12(2)27)17(32-8-7-23)15-10-33-21(30)35-15;1-10(24-20(30)37-22(3,4)5)23-12-7-13(19(29)32-6)35-18(16(12)25-11(2)26)17(33-9-15(27)28)14-8-34-21(31)36-14;1-11(24-20(29)36-22(3,4)5)23-13-9-14(19(28)31-6)34-18(16(13)25-12(2)27)17(32-8-7-26)15-10-33-21(30)35-15/h9,13,15-18H,7-8,10,23H2,1-6H3,(H,26,27)(H,24,25,29);7,12,14,16-18H,8-9H2,1-6H3,(H,25,26)(H,27,28)(H,23,24,30);9,13,15-18,26H,7-8,10H2,1-6H3,(H,25,27)(H,23,24,29)/t13-,15+,16+,17+,18+;12-,14+,16+,17+,18+;13-,15+,16+,17+,18+/m000/s1. The number of amides is 6. The number of alkyl carbamates (subject to hydrolysis) is 3. The van der Waals surface area contributed by atoms with E-state index < -0.39 is 193 Å². The number of amidine groups is 3. The number of carboxylic acids is 1. The predicted molar refractivity (Wildman–Crippen MR) is 368 cm³/mol. The molecule has 3 saturated heterocycles. The van der Waals surface area contributed by atoms with Crippen LogP contribution in [0.25, 0.3) is 0 Å². The molecule has 0 saturated carbocycles. The molecule has 0 aromatic heterocycles. The summed E-state index contributed by atoms with van der Waals surface area (Å²) in [6.07, 6.45) is -11.2. The van der Waals surface area contributed by atoms with Crippen LogP contribution in [0.15, 0.2) is 50.5 Å². The second-order valence-corrected chi connectivity index (χ2v) is 27.0. The summed E-state index contributed by atoms with van der Waals surface area (Å²) >= 11 is 0. The van der Waals surface area contributed by atoms with E-state index in [-0.39, 0.29) is 81.0 Å². The van der Waals surface area contributed by atoms with Gasteiger partial charge in [0.15, 0.2) is 36.6 Å². The molecule has 0 aliphatic carbocycles. The molecule has 0 aromatic rings. The zero-order valence-electron chi connectivity index (χ0n) is 63.5. The maximum atomic E-state index is 12.4. The number of hydrogen-bond acceptors (Lipinski definition) is 36. The molecular weight excluding hydrogens is 1460 g/mol. The van der Waals surface area contributed by atoms with E-state index in [2.05, 4.69) is 46.9 Å². The van der Waals surface area contributed by atoms with Gasteiger partial charge >= 0.3 is 60.6 Å². The Kier molecular flexibility index (Phi) is 34.6. The molecular formula is C66H98N10O33. The Bertz CT molecular complexity index is 3320. The average molecular weight is 1560 g/mol. The number of rotatable bonds is 24. The van der Waals surface area contributed by atoms with E-state index in [1.165, 1.54) is 66.9 Å². The minimum absolute atomic E-state index is 0.0514. The second-order valence-electron chi connectivity index (χ2n) is 27.0. The number of nitrogens with one attached hydrogen (secondary N) is 6. The number of nitrogens with zero attached hydrogens (tertiary/aromatic N) is 3. The van der Waals surface area contributed by atoms with E-state index in [9.17, 15) is 67.4 Å². The van der Waals surface area contributed by atoms with E-state index in [0.717, 1.165) is 14.2 Å². The number of aliphatic carboxylic acids is 1. The molecule has 6 rings (SSSR count). The molecule has 6 aliphatic rings. The van der Waals surface area contributed by atoms with Crippen molar-refractivity contribution < 1.29 is 158 Å². The first-order valence-corrected chi connectivity index (χ1v) is 33.6. The van der Waals surface area contributed by atoms with Gasteiger partial charge in [-0.3, -0.25) is 45.3 Å². The highest BCUT2D eigenvalue weighted by Crippen LogP contribution is 2.33. The van der Waals surface area contributed by atoms with Crippen molar-refractivity contribution in [2.75, 3.05) is 74.1 Å². The molecule has 6 aliphatic heterocycles. The van der Waals surface area contributed by atoms with Crippen LogP contribution >= 0.6 is 0 Å². The maximum absolute atomic E-state index is 12.4. The number of aliphatic hydroxyl groups is 1. The summed E-state index contributed by atoms with van der Waals surface area (Å²) in [7, 11) is 3.44. The smallest absolute Gasteiger partial charge is 0.480 e. The first-order chi connectivity index (χ1) is 50.9. The number of ether oxygens (including phenoxy) is 18. The number of aliphatic hydroxyl groups excluding tert-OH is 1. The van der Waals surface area contributed by atoms with Crippen molar-refractivity contribution in [1.29, 1.82) is 0 Å². The van der Waals surface area contributed by atoms with Gasteiger partial charge < -0.3 is 117 Å². The molecule has 3 fully saturated rings. The quantitative estimate of drug-likeness (QED) is 0.0276.